The van der Waals surface area contributed by atoms with Crippen molar-refractivity contribution in [3.8, 4) is 6.07 Å². The average Bonchev–Trinajstić information content (AvgIpc) is 3.58. The Bertz CT molecular complexity index is 964. The molecule has 2 aromatic carbocycles. The molecule has 1 atom stereocenters. The molecule has 1 saturated heterocycles. The highest BCUT2D eigenvalue weighted by molar-refractivity contribution is 6.03. The van der Waals surface area contributed by atoms with E-state index in [1.54, 1.807) is 6.08 Å². The van der Waals surface area contributed by atoms with E-state index in [1.807, 2.05) is 24.3 Å². The van der Waals surface area contributed by atoms with Crippen LogP contribution in [0.1, 0.15) is 31.7 Å². The maximum Gasteiger partial charge on any atom is 0.173 e. The van der Waals surface area contributed by atoms with Gasteiger partial charge in [-0.15, -0.1) is 0 Å². The van der Waals surface area contributed by atoms with Crippen LogP contribution >= 0.6 is 0 Å². The van der Waals surface area contributed by atoms with E-state index >= 15 is 0 Å². The Hall–Kier alpha value is -2.72. The lowest BCUT2D eigenvalue weighted by Crippen LogP contribution is -2.09. The molecular weight excluding hydrogens is 392 g/mol. The summed E-state index contributed by atoms with van der Waals surface area (Å²) < 4.78 is 10.5. The highest BCUT2D eigenvalue weighted by Gasteiger charge is 2.31. The minimum atomic E-state index is -0.176. The lowest BCUT2D eigenvalue weighted by Gasteiger charge is -2.07. The summed E-state index contributed by atoms with van der Waals surface area (Å²) in [5, 5.41) is 20.3. The minimum Gasteiger partial charge on any atom is -0.394 e. The highest BCUT2D eigenvalue weighted by Crippen LogP contribution is 2.32. The van der Waals surface area contributed by atoms with E-state index in [9.17, 15) is 10.1 Å². The van der Waals surface area contributed by atoms with Crippen LogP contribution in [0, 0.1) is 11.3 Å². The molecule has 0 saturated carbocycles. The van der Waals surface area contributed by atoms with Gasteiger partial charge < -0.3 is 19.5 Å². The van der Waals surface area contributed by atoms with Crippen molar-refractivity contribution in [2.24, 2.45) is 0 Å². The smallest absolute Gasteiger partial charge is 0.173 e. The second-order valence-electron chi connectivity index (χ2n) is 7.65. The molecule has 3 rings (SSSR count). The second kappa shape index (κ2) is 11.6. The maximum atomic E-state index is 12.4. The van der Waals surface area contributed by atoms with Crippen LogP contribution in [-0.4, -0.2) is 56.5 Å². The summed E-state index contributed by atoms with van der Waals surface area (Å²) in [4.78, 5) is 14.8. The zero-order valence-electron chi connectivity index (χ0n) is 18.0. The van der Waals surface area contributed by atoms with Crippen LogP contribution in [0.15, 0.2) is 42.0 Å². The maximum absolute atomic E-state index is 12.4. The molecule has 1 aliphatic heterocycles. The normalized spacial score (nSPS) is 15.8. The summed E-state index contributed by atoms with van der Waals surface area (Å²) in [5.74, 6) is -0.176. The standard InChI is InChI=1S/C25H30N2O4/c1-2-23-18-27(23)24-8-7-20-14-19(5-6-21(20)16-24)15-22(17-26)25(29)4-3-10-30-12-13-31-11-9-28/h5-8,14-16,23,28H,2-4,9-13,18H2,1H3/b22-15+. The number of allylic oxidation sites excluding steroid dienone is 1. The van der Waals surface area contributed by atoms with Gasteiger partial charge in [-0.25, -0.2) is 0 Å². The lowest BCUT2D eigenvalue weighted by molar-refractivity contribution is -0.115. The first kappa shape index (κ1) is 23.0. The molecule has 1 unspecified atom stereocenters. The van der Waals surface area contributed by atoms with Gasteiger partial charge in [0.2, 0.25) is 0 Å². The summed E-state index contributed by atoms with van der Waals surface area (Å²) in [5.41, 5.74) is 2.26. The SMILES string of the molecule is CCC1CN1c1ccc2cc(/C=C(\C#N)C(=O)CCCOCCOCCO)ccc2c1. The van der Waals surface area contributed by atoms with Crippen molar-refractivity contribution >= 4 is 28.3 Å². The molecular formula is C25H30N2O4. The first-order valence-electron chi connectivity index (χ1n) is 10.9. The van der Waals surface area contributed by atoms with Crippen LogP contribution in [0.5, 0.6) is 0 Å². The van der Waals surface area contributed by atoms with Crippen LogP contribution < -0.4 is 4.90 Å². The van der Waals surface area contributed by atoms with E-state index in [0.29, 0.717) is 38.9 Å². The Kier molecular flexibility index (Phi) is 8.60. The van der Waals surface area contributed by atoms with Crippen LogP contribution in [0.25, 0.3) is 16.8 Å². The summed E-state index contributed by atoms with van der Waals surface area (Å²) in [7, 11) is 0. The first-order valence-corrected chi connectivity index (χ1v) is 10.9. The molecule has 1 N–H and O–H groups in total. The number of ether oxygens (including phenoxy) is 2. The number of hydrogen-bond donors (Lipinski definition) is 1. The number of Topliss-reactive ketones (excluding diaryl/α,β-unsaturated/α-hetero) is 1. The van der Waals surface area contributed by atoms with Gasteiger partial charge in [0.05, 0.1) is 32.0 Å². The molecule has 1 heterocycles. The lowest BCUT2D eigenvalue weighted by atomic mass is 10.0. The number of ketones is 1. The predicted molar refractivity (Wildman–Crippen MR) is 122 cm³/mol. The summed E-state index contributed by atoms with van der Waals surface area (Å²) >= 11 is 0. The van der Waals surface area contributed by atoms with E-state index in [2.05, 4.69) is 30.0 Å². The number of carbonyl (C=O) groups is 1. The third-order valence-electron chi connectivity index (χ3n) is 5.40. The third kappa shape index (κ3) is 6.63. The molecule has 0 radical (unpaired) electrons. The van der Waals surface area contributed by atoms with Crippen molar-refractivity contribution in [1.29, 1.82) is 5.26 Å². The number of aliphatic hydroxyl groups is 1. The molecule has 6 heteroatoms. The zero-order chi connectivity index (χ0) is 22.1. The monoisotopic (exact) mass is 422 g/mol. The summed E-state index contributed by atoms with van der Waals surface area (Å²) in [6.45, 7) is 4.89. The van der Waals surface area contributed by atoms with Gasteiger partial charge in [-0.2, -0.15) is 5.26 Å². The van der Waals surface area contributed by atoms with Crippen molar-refractivity contribution in [3.05, 3.63) is 47.5 Å². The van der Waals surface area contributed by atoms with Crippen LogP contribution in [0.4, 0.5) is 5.69 Å². The Morgan fingerprint density at radius 2 is 1.90 bits per heavy atom. The molecule has 164 valence electrons. The van der Waals surface area contributed by atoms with Crippen molar-refractivity contribution in [2.75, 3.05) is 44.5 Å². The molecule has 0 aromatic heterocycles. The Balaban J connectivity index is 1.54. The Morgan fingerprint density at radius 3 is 2.61 bits per heavy atom. The van der Waals surface area contributed by atoms with Crippen LogP contribution in [0.2, 0.25) is 0 Å². The van der Waals surface area contributed by atoms with Gasteiger partial charge in [-0.05, 0) is 53.5 Å². The number of nitriles is 1. The molecule has 0 aliphatic carbocycles. The molecule has 6 nitrogen and oxygen atoms in total. The van der Waals surface area contributed by atoms with Gasteiger partial charge >= 0.3 is 0 Å². The first-order chi connectivity index (χ1) is 15.2. The number of rotatable bonds is 13. The number of carbonyl (C=O) groups excluding carboxylic acids is 1. The number of hydrogen-bond acceptors (Lipinski definition) is 6. The second-order valence-corrected chi connectivity index (χ2v) is 7.65. The number of benzene rings is 2. The third-order valence-corrected chi connectivity index (χ3v) is 5.40. The van der Waals surface area contributed by atoms with Crippen molar-refractivity contribution in [3.63, 3.8) is 0 Å². The molecule has 1 fully saturated rings. The van der Waals surface area contributed by atoms with Crippen molar-refractivity contribution in [2.45, 2.75) is 32.2 Å². The van der Waals surface area contributed by atoms with Gasteiger partial charge in [0.1, 0.15) is 6.07 Å². The zero-order valence-corrected chi connectivity index (χ0v) is 18.0. The van der Waals surface area contributed by atoms with Gasteiger partial charge in [0.25, 0.3) is 0 Å². The Morgan fingerprint density at radius 1 is 1.16 bits per heavy atom. The number of nitrogens with zero attached hydrogens (tertiary/aromatic N) is 2. The molecule has 2 aromatic rings. The fourth-order valence-electron chi connectivity index (χ4n) is 3.56. The predicted octanol–water partition coefficient (Wildman–Crippen LogP) is 3.72. The van der Waals surface area contributed by atoms with Crippen molar-refractivity contribution in [1.82, 2.24) is 0 Å². The fourth-order valence-corrected chi connectivity index (χ4v) is 3.56. The quantitative estimate of drug-likeness (QED) is 0.229. The molecule has 0 bridgehead atoms. The van der Waals surface area contributed by atoms with Gasteiger partial charge in [0.15, 0.2) is 5.78 Å². The van der Waals surface area contributed by atoms with Gasteiger partial charge in [-0.3, -0.25) is 4.79 Å². The molecule has 0 amide bonds. The minimum absolute atomic E-state index is 0.00595. The number of aliphatic hydroxyl groups excluding tert-OH is 1. The largest absolute Gasteiger partial charge is 0.394 e. The van der Waals surface area contributed by atoms with Crippen LogP contribution in [-0.2, 0) is 14.3 Å². The number of anilines is 1. The van der Waals surface area contributed by atoms with Crippen molar-refractivity contribution < 1.29 is 19.4 Å². The fraction of sp³-hybridized carbons (Fsp3) is 0.440. The summed E-state index contributed by atoms with van der Waals surface area (Å²) in [6, 6.07) is 15.1. The Labute approximate surface area is 183 Å². The van der Waals surface area contributed by atoms with Gasteiger partial charge in [-0.1, -0.05) is 25.1 Å². The molecule has 31 heavy (non-hydrogen) atoms. The van der Waals surface area contributed by atoms with Gasteiger partial charge in [0, 0.05) is 31.3 Å². The van der Waals surface area contributed by atoms with Crippen LogP contribution in [0.3, 0.4) is 0 Å². The van der Waals surface area contributed by atoms with E-state index in [1.165, 1.54) is 5.69 Å². The van der Waals surface area contributed by atoms with E-state index in [0.717, 1.165) is 29.3 Å². The average molecular weight is 423 g/mol. The molecule has 0 spiro atoms. The van der Waals surface area contributed by atoms with E-state index in [-0.39, 0.29) is 24.4 Å². The van der Waals surface area contributed by atoms with E-state index in [4.69, 9.17) is 14.6 Å². The summed E-state index contributed by atoms with van der Waals surface area (Å²) in [6.07, 6.45) is 3.64. The molecule has 1 aliphatic rings. The topological polar surface area (TPSA) is 82.6 Å². The number of fused-ring (bicyclic) bond motifs is 1. The highest BCUT2D eigenvalue weighted by atomic mass is 16.5. The van der Waals surface area contributed by atoms with E-state index < -0.39 is 0 Å².